The number of nitrogens with zero attached hydrogens (tertiary/aromatic N) is 8. The summed E-state index contributed by atoms with van der Waals surface area (Å²) in [5, 5.41) is 39.4. The zero-order chi connectivity index (χ0) is 28.0. The van der Waals surface area contributed by atoms with Gasteiger partial charge in [-0.1, -0.05) is 24.4 Å². The molecule has 11 nitrogen and oxygen atoms in total. The summed E-state index contributed by atoms with van der Waals surface area (Å²) in [6.45, 7) is -0.460. The molecule has 0 saturated heterocycles. The van der Waals surface area contributed by atoms with Crippen LogP contribution in [0.5, 0.6) is 0 Å². The SMILES string of the molecule is Cn1ccc(-c2cnn(C(CC3CC3)c3cc(CO)c(-c4c(-n5cnnn5)ccc(Cl)c4F)c[n+]3[O-])c2)cc1=O. The lowest BCUT2D eigenvalue weighted by atomic mass is 9.96. The molecule has 0 aliphatic heterocycles. The van der Waals surface area contributed by atoms with Crippen molar-refractivity contribution in [1.82, 2.24) is 34.6 Å². The predicted octanol–water partition coefficient (Wildman–Crippen LogP) is 3.20. The van der Waals surface area contributed by atoms with Crippen molar-refractivity contribution in [3.8, 4) is 27.9 Å². The third kappa shape index (κ3) is 4.75. The Bertz CT molecular complexity index is 1760. The maximum Gasteiger partial charge on any atom is 0.250 e. The van der Waals surface area contributed by atoms with Crippen LogP contribution in [0.4, 0.5) is 4.39 Å². The summed E-state index contributed by atoms with van der Waals surface area (Å²) in [6, 6.07) is 7.41. The number of pyridine rings is 2. The Kier molecular flexibility index (Phi) is 6.64. The van der Waals surface area contributed by atoms with Crippen molar-refractivity contribution in [3.05, 3.63) is 99.1 Å². The van der Waals surface area contributed by atoms with Crippen LogP contribution < -0.4 is 10.3 Å². The fraction of sp³-hybridized carbons (Fsp3) is 0.259. The maximum absolute atomic E-state index is 15.5. The van der Waals surface area contributed by atoms with Crippen molar-refractivity contribution in [2.75, 3.05) is 0 Å². The highest BCUT2D eigenvalue weighted by Crippen LogP contribution is 2.40. The molecular formula is C27H24ClFN8O3. The average molecular weight is 563 g/mol. The van der Waals surface area contributed by atoms with E-state index in [1.54, 1.807) is 42.5 Å². The molecule has 5 aromatic rings. The van der Waals surface area contributed by atoms with Crippen LogP contribution in [0.2, 0.25) is 5.02 Å². The summed E-state index contributed by atoms with van der Waals surface area (Å²) in [7, 11) is 1.68. The monoisotopic (exact) mass is 562 g/mol. The van der Waals surface area contributed by atoms with E-state index in [0.29, 0.717) is 33.9 Å². The first-order valence-electron chi connectivity index (χ1n) is 12.6. The van der Waals surface area contributed by atoms with Crippen LogP contribution in [0.15, 0.2) is 66.2 Å². The van der Waals surface area contributed by atoms with Gasteiger partial charge in [0, 0.05) is 37.1 Å². The summed E-state index contributed by atoms with van der Waals surface area (Å²) in [4.78, 5) is 12.2. The minimum absolute atomic E-state index is 0.00854. The molecule has 4 aromatic heterocycles. The molecule has 1 saturated carbocycles. The molecule has 0 spiro atoms. The molecule has 4 heterocycles. The van der Waals surface area contributed by atoms with Gasteiger partial charge in [0.15, 0.2) is 12.0 Å². The predicted molar refractivity (Wildman–Crippen MR) is 143 cm³/mol. The summed E-state index contributed by atoms with van der Waals surface area (Å²) in [5.74, 6) is -0.340. The molecule has 1 unspecified atom stereocenters. The first-order valence-corrected chi connectivity index (χ1v) is 13.0. The van der Waals surface area contributed by atoms with E-state index in [2.05, 4.69) is 20.6 Å². The van der Waals surface area contributed by atoms with Crippen molar-refractivity contribution in [3.63, 3.8) is 0 Å². The Morgan fingerprint density at radius 1 is 1.25 bits per heavy atom. The molecule has 1 aliphatic carbocycles. The molecule has 0 radical (unpaired) electrons. The van der Waals surface area contributed by atoms with Crippen LogP contribution in [0.3, 0.4) is 0 Å². The highest BCUT2D eigenvalue weighted by molar-refractivity contribution is 6.31. The van der Waals surface area contributed by atoms with Crippen molar-refractivity contribution in [1.29, 1.82) is 0 Å². The third-order valence-electron chi connectivity index (χ3n) is 7.23. The Hall–Kier alpha value is -4.42. The molecule has 13 heteroatoms. The van der Waals surface area contributed by atoms with Gasteiger partial charge in [0.2, 0.25) is 5.69 Å². The lowest BCUT2D eigenvalue weighted by Gasteiger charge is -2.20. The Balaban J connectivity index is 1.46. The second-order valence-corrected chi connectivity index (χ2v) is 10.3. The number of hydrogen-bond acceptors (Lipinski definition) is 7. The number of tetrazole rings is 1. The van der Waals surface area contributed by atoms with E-state index in [0.717, 1.165) is 18.4 Å². The largest absolute Gasteiger partial charge is 0.618 e. The number of aliphatic hydroxyl groups excluding tert-OH is 1. The van der Waals surface area contributed by atoms with E-state index in [1.165, 1.54) is 33.9 Å². The highest BCUT2D eigenvalue weighted by Gasteiger charge is 2.33. The van der Waals surface area contributed by atoms with Gasteiger partial charge in [-0.15, -0.1) is 5.10 Å². The van der Waals surface area contributed by atoms with Gasteiger partial charge in [-0.25, -0.2) is 4.39 Å². The van der Waals surface area contributed by atoms with E-state index in [9.17, 15) is 15.1 Å². The first-order chi connectivity index (χ1) is 19.3. The lowest BCUT2D eigenvalue weighted by Crippen LogP contribution is -2.36. The van der Waals surface area contributed by atoms with Gasteiger partial charge >= 0.3 is 0 Å². The quantitative estimate of drug-likeness (QED) is 0.227. The number of benzene rings is 1. The van der Waals surface area contributed by atoms with Crippen molar-refractivity contribution < 1.29 is 14.2 Å². The van der Waals surface area contributed by atoms with E-state index >= 15 is 4.39 Å². The summed E-state index contributed by atoms with van der Waals surface area (Å²) in [6.07, 6.45) is 10.4. The molecule has 6 rings (SSSR count). The molecule has 1 atom stereocenters. The second-order valence-electron chi connectivity index (χ2n) is 9.90. The number of hydrogen-bond donors (Lipinski definition) is 1. The Morgan fingerprint density at radius 2 is 2.08 bits per heavy atom. The molecule has 204 valence electrons. The van der Waals surface area contributed by atoms with Gasteiger partial charge in [0.1, 0.15) is 12.4 Å². The highest BCUT2D eigenvalue weighted by atomic mass is 35.5. The fourth-order valence-corrected chi connectivity index (χ4v) is 5.03. The smallest absolute Gasteiger partial charge is 0.250 e. The van der Waals surface area contributed by atoms with Crippen LogP contribution in [-0.2, 0) is 13.7 Å². The maximum atomic E-state index is 15.5. The number of aliphatic hydroxyl groups is 1. The van der Waals surface area contributed by atoms with Gasteiger partial charge in [-0.2, -0.15) is 14.5 Å². The van der Waals surface area contributed by atoms with Gasteiger partial charge in [-0.3, -0.25) is 9.48 Å². The average Bonchev–Trinajstić information content (AvgIpc) is 3.37. The topological polar surface area (TPSA) is 131 Å². The minimum Gasteiger partial charge on any atom is -0.618 e. The molecule has 0 bridgehead atoms. The van der Waals surface area contributed by atoms with Gasteiger partial charge in [-0.05, 0) is 52.1 Å². The third-order valence-corrected chi connectivity index (χ3v) is 7.52. The van der Waals surface area contributed by atoms with Crippen molar-refractivity contribution in [2.24, 2.45) is 13.0 Å². The fourth-order valence-electron chi connectivity index (χ4n) is 4.87. The van der Waals surface area contributed by atoms with E-state index in [4.69, 9.17) is 11.6 Å². The van der Waals surface area contributed by atoms with Crippen LogP contribution in [-0.4, -0.2) is 39.7 Å². The standard InChI is InChI=1S/C27H24ClFN8O3/c1-34-7-6-17(10-25(34)39)19-11-31-35(12-19)23(8-16-2-3-16)24-9-18(14-38)20(13-37(24)40)26-22(36-15-30-32-33-36)5-4-21(28)27(26)29/h4-7,9-13,15-16,23,38H,2-3,8,14H2,1H3. The Morgan fingerprint density at radius 3 is 2.77 bits per heavy atom. The molecular weight excluding hydrogens is 539 g/mol. The Labute approximate surface area is 232 Å². The van der Waals surface area contributed by atoms with E-state index in [-0.39, 0.29) is 27.4 Å². The van der Waals surface area contributed by atoms with Gasteiger partial charge in [0.05, 0.1) is 34.6 Å². The summed E-state index contributed by atoms with van der Waals surface area (Å²) >= 11 is 6.11. The lowest BCUT2D eigenvalue weighted by molar-refractivity contribution is -0.615. The second kappa shape index (κ2) is 10.3. The number of aromatic nitrogens is 8. The van der Waals surface area contributed by atoms with Crippen LogP contribution >= 0.6 is 11.6 Å². The number of aryl methyl sites for hydroxylation is 1. The molecule has 1 aromatic carbocycles. The first kappa shape index (κ1) is 25.8. The van der Waals surface area contributed by atoms with Crippen LogP contribution in [0.25, 0.3) is 27.9 Å². The van der Waals surface area contributed by atoms with Crippen LogP contribution in [0, 0.1) is 16.9 Å². The van der Waals surface area contributed by atoms with Crippen LogP contribution in [0.1, 0.15) is 36.6 Å². The van der Waals surface area contributed by atoms with E-state index in [1.807, 2.05) is 6.07 Å². The molecule has 1 aliphatic rings. The minimum atomic E-state index is -0.766. The molecule has 0 amide bonds. The molecule has 40 heavy (non-hydrogen) atoms. The number of halogens is 2. The van der Waals surface area contributed by atoms with Gasteiger partial charge < -0.3 is 14.9 Å². The van der Waals surface area contributed by atoms with Crippen molar-refractivity contribution in [2.45, 2.75) is 31.9 Å². The summed E-state index contributed by atoms with van der Waals surface area (Å²) in [5.41, 5.74) is 2.41. The number of rotatable bonds is 8. The molecule has 1 fully saturated rings. The zero-order valence-corrected chi connectivity index (χ0v) is 22.1. The van der Waals surface area contributed by atoms with Crippen molar-refractivity contribution >= 4 is 11.6 Å². The van der Waals surface area contributed by atoms with E-state index < -0.39 is 18.5 Å². The van der Waals surface area contributed by atoms with Gasteiger partial charge in [0.25, 0.3) is 5.56 Å². The zero-order valence-electron chi connectivity index (χ0n) is 21.4. The summed E-state index contributed by atoms with van der Waals surface area (Å²) < 4.78 is 20.6. The molecule has 1 N–H and O–H groups in total. The normalized spacial score (nSPS) is 14.0.